The third-order valence-corrected chi connectivity index (χ3v) is 2.70. The smallest absolute Gasteiger partial charge is 0.214 e. The number of nitrogens with two attached hydrogens (primary N) is 1. The number of aromatic nitrogens is 3. The lowest BCUT2D eigenvalue weighted by atomic mass is 10.6. The molecular formula is C6H12N4S2. The van der Waals surface area contributed by atoms with E-state index in [4.69, 9.17) is 18.1 Å². The monoisotopic (exact) mass is 204 g/mol. The molecule has 68 valence electrons. The molecule has 3 N–H and O–H groups in total. The predicted molar refractivity (Wildman–Crippen MR) is 54.0 cm³/mol. The van der Waals surface area contributed by atoms with Crippen LogP contribution >= 0.6 is 24.0 Å². The average Bonchev–Trinajstić information content (AvgIpc) is 2.30. The van der Waals surface area contributed by atoms with Crippen molar-refractivity contribution in [2.24, 2.45) is 0 Å². The van der Waals surface area contributed by atoms with E-state index in [1.807, 2.05) is 0 Å². The van der Waals surface area contributed by atoms with Gasteiger partial charge in [0.25, 0.3) is 0 Å². The van der Waals surface area contributed by atoms with E-state index in [0.717, 1.165) is 11.6 Å². The van der Waals surface area contributed by atoms with Crippen molar-refractivity contribution in [3.05, 3.63) is 10.6 Å². The third-order valence-electron chi connectivity index (χ3n) is 1.32. The van der Waals surface area contributed by atoms with Gasteiger partial charge in [-0.25, -0.2) is 4.68 Å². The molecule has 0 aliphatic carbocycles. The van der Waals surface area contributed by atoms with Crippen molar-refractivity contribution in [3.8, 4) is 0 Å². The van der Waals surface area contributed by atoms with Crippen LogP contribution in [-0.4, -0.2) is 20.1 Å². The highest BCUT2D eigenvalue weighted by Gasteiger charge is 2.03. The van der Waals surface area contributed by atoms with E-state index >= 15 is 0 Å². The lowest BCUT2D eigenvalue weighted by Crippen LogP contribution is -2.12. The summed E-state index contributed by atoms with van der Waals surface area (Å²) >= 11 is 6.65. The van der Waals surface area contributed by atoms with Crippen LogP contribution in [0.2, 0.25) is 0 Å². The molecule has 1 rings (SSSR count). The second kappa shape index (κ2) is 3.95. The second-order valence-electron chi connectivity index (χ2n) is 2.67. The van der Waals surface area contributed by atoms with Crippen LogP contribution in [0.5, 0.6) is 0 Å². The quantitative estimate of drug-likeness (QED) is 0.575. The van der Waals surface area contributed by atoms with Gasteiger partial charge in [0.2, 0.25) is 4.77 Å². The number of nitrogens with zero attached hydrogens (tertiary/aromatic N) is 2. The van der Waals surface area contributed by atoms with Gasteiger partial charge in [0.05, 0.1) is 5.75 Å². The molecule has 0 saturated heterocycles. The van der Waals surface area contributed by atoms with Crippen molar-refractivity contribution in [3.63, 3.8) is 0 Å². The molecule has 0 radical (unpaired) electrons. The summed E-state index contributed by atoms with van der Waals surface area (Å²) in [6, 6.07) is 0. The van der Waals surface area contributed by atoms with E-state index in [9.17, 15) is 0 Å². The molecule has 0 fully saturated rings. The summed E-state index contributed by atoms with van der Waals surface area (Å²) in [5, 5.41) is 7.20. The summed E-state index contributed by atoms with van der Waals surface area (Å²) in [7, 11) is 0. The Balaban J connectivity index is 2.64. The number of hydrogen-bond donors (Lipinski definition) is 2. The molecule has 0 atom stereocenters. The van der Waals surface area contributed by atoms with Crippen molar-refractivity contribution < 1.29 is 0 Å². The maximum atomic E-state index is 5.59. The first-order valence-corrected chi connectivity index (χ1v) is 5.10. The summed E-state index contributed by atoms with van der Waals surface area (Å²) in [5.41, 5.74) is 0. The Morgan fingerprint density at radius 3 is 2.83 bits per heavy atom. The molecule has 0 aromatic carbocycles. The van der Waals surface area contributed by atoms with Gasteiger partial charge in [-0.1, -0.05) is 13.8 Å². The first kappa shape index (κ1) is 9.60. The van der Waals surface area contributed by atoms with E-state index in [2.05, 4.69) is 24.0 Å². The highest BCUT2D eigenvalue weighted by molar-refractivity contribution is 7.99. The minimum atomic E-state index is 0.467. The first-order valence-electron chi connectivity index (χ1n) is 3.64. The zero-order valence-electron chi connectivity index (χ0n) is 7.07. The number of nitrogen functional groups attached to an aromatic ring is 1. The fourth-order valence-corrected chi connectivity index (χ4v) is 1.52. The van der Waals surface area contributed by atoms with Crippen molar-refractivity contribution in [1.82, 2.24) is 14.9 Å². The Bertz CT molecular complexity index is 301. The zero-order chi connectivity index (χ0) is 9.14. The maximum absolute atomic E-state index is 5.59. The number of aromatic amines is 1. The summed E-state index contributed by atoms with van der Waals surface area (Å²) < 4.78 is 1.87. The number of rotatable bonds is 3. The van der Waals surface area contributed by atoms with Gasteiger partial charge in [0, 0.05) is 0 Å². The van der Waals surface area contributed by atoms with Crippen molar-refractivity contribution >= 4 is 24.0 Å². The zero-order valence-corrected chi connectivity index (χ0v) is 8.71. The third kappa shape index (κ3) is 2.25. The van der Waals surface area contributed by atoms with Crippen LogP contribution in [0.15, 0.2) is 0 Å². The fraction of sp³-hybridized carbons (Fsp3) is 0.667. The number of nitrogens with one attached hydrogen (secondary N) is 1. The van der Waals surface area contributed by atoms with Gasteiger partial charge in [-0.3, -0.25) is 5.10 Å². The molecule has 0 aliphatic rings. The lowest BCUT2D eigenvalue weighted by Gasteiger charge is -2.02. The number of hydrogen-bond acceptors (Lipinski definition) is 4. The van der Waals surface area contributed by atoms with Crippen LogP contribution in [0, 0.1) is 4.77 Å². The van der Waals surface area contributed by atoms with Gasteiger partial charge >= 0.3 is 0 Å². The van der Waals surface area contributed by atoms with Crippen LogP contribution < -0.4 is 5.84 Å². The van der Waals surface area contributed by atoms with Crippen LogP contribution in [0.1, 0.15) is 19.7 Å². The topological polar surface area (TPSA) is 59.6 Å². The van der Waals surface area contributed by atoms with E-state index in [-0.39, 0.29) is 0 Å². The highest BCUT2D eigenvalue weighted by atomic mass is 32.2. The molecule has 0 unspecified atom stereocenters. The summed E-state index contributed by atoms with van der Waals surface area (Å²) in [4.78, 5) is 0. The summed E-state index contributed by atoms with van der Waals surface area (Å²) in [6.07, 6.45) is 0. The van der Waals surface area contributed by atoms with Gasteiger partial charge in [-0.15, -0.1) is 0 Å². The standard InChI is InChI=1S/C6H12N4S2/c1-4(2)12-3-5-8-9-6(11)10(5)7/h4H,3,7H2,1-2H3,(H,9,11). The summed E-state index contributed by atoms with van der Waals surface area (Å²) in [6.45, 7) is 4.26. The largest absolute Gasteiger partial charge is 0.335 e. The van der Waals surface area contributed by atoms with Crippen LogP contribution in [0.25, 0.3) is 0 Å². The molecule has 4 nitrogen and oxygen atoms in total. The Morgan fingerprint density at radius 2 is 2.42 bits per heavy atom. The molecule has 1 aromatic rings. The molecule has 0 amide bonds. The molecule has 1 heterocycles. The van der Waals surface area contributed by atoms with Gasteiger partial charge in [-0.2, -0.15) is 16.9 Å². The van der Waals surface area contributed by atoms with Gasteiger partial charge in [0.1, 0.15) is 0 Å². The van der Waals surface area contributed by atoms with Gasteiger partial charge in [0.15, 0.2) is 5.82 Å². The minimum absolute atomic E-state index is 0.467. The lowest BCUT2D eigenvalue weighted by molar-refractivity contribution is 0.903. The fourth-order valence-electron chi connectivity index (χ4n) is 0.680. The molecule has 0 aliphatic heterocycles. The van der Waals surface area contributed by atoms with Gasteiger partial charge < -0.3 is 5.84 Å². The van der Waals surface area contributed by atoms with E-state index in [1.165, 1.54) is 4.68 Å². The Hall–Kier alpha value is -0.490. The van der Waals surface area contributed by atoms with Crippen LogP contribution in [0.4, 0.5) is 0 Å². The SMILES string of the molecule is CC(C)SCc1n[nH]c(=S)n1N. The Morgan fingerprint density at radius 1 is 1.75 bits per heavy atom. The van der Waals surface area contributed by atoms with Crippen LogP contribution in [-0.2, 0) is 5.75 Å². The summed E-state index contributed by atoms with van der Waals surface area (Å²) in [5.74, 6) is 7.18. The highest BCUT2D eigenvalue weighted by Crippen LogP contribution is 2.14. The van der Waals surface area contributed by atoms with Crippen molar-refractivity contribution in [2.75, 3.05) is 5.84 Å². The van der Waals surface area contributed by atoms with Gasteiger partial charge in [-0.05, 0) is 17.5 Å². The van der Waals surface area contributed by atoms with Crippen LogP contribution in [0.3, 0.4) is 0 Å². The molecule has 12 heavy (non-hydrogen) atoms. The van der Waals surface area contributed by atoms with Crippen molar-refractivity contribution in [1.29, 1.82) is 0 Å². The predicted octanol–water partition coefficient (Wildman–Crippen LogP) is 1.30. The first-order chi connectivity index (χ1) is 5.61. The minimum Gasteiger partial charge on any atom is -0.335 e. The molecule has 0 saturated carbocycles. The van der Waals surface area contributed by atoms with E-state index in [0.29, 0.717) is 10.0 Å². The molecule has 0 bridgehead atoms. The van der Waals surface area contributed by atoms with E-state index < -0.39 is 0 Å². The number of thioether (sulfide) groups is 1. The molecule has 1 aromatic heterocycles. The van der Waals surface area contributed by atoms with E-state index in [1.54, 1.807) is 11.8 Å². The Labute approximate surface area is 80.5 Å². The maximum Gasteiger partial charge on any atom is 0.214 e. The second-order valence-corrected chi connectivity index (χ2v) is 4.63. The number of H-pyrrole nitrogens is 1. The molecule has 6 heteroatoms. The average molecular weight is 204 g/mol. The Kier molecular flexibility index (Phi) is 3.16. The van der Waals surface area contributed by atoms with Crippen molar-refractivity contribution in [2.45, 2.75) is 24.9 Å². The normalized spacial score (nSPS) is 10.9. The molecule has 0 spiro atoms. The molecular weight excluding hydrogens is 192 g/mol.